The van der Waals surface area contributed by atoms with Gasteiger partial charge >= 0.3 is 0 Å². The fourth-order valence-corrected chi connectivity index (χ4v) is 2.63. The Balaban J connectivity index is 1.98. The van der Waals surface area contributed by atoms with Crippen molar-refractivity contribution in [2.45, 2.75) is 33.3 Å². The van der Waals surface area contributed by atoms with Crippen molar-refractivity contribution in [2.75, 3.05) is 49.5 Å². The summed E-state index contributed by atoms with van der Waals surface area (Å²) < 4.78 is 0. The molecule has 1 aliphatic heterocycles. The van der Waals surface area contributed by atoms with E-state index in [0.717, 1.165) is 44.2 Å². The van der Waals surface area contributed by atoms with E-state index in [1.54, 1.807) is 0 Å². The van der Waals surface area contributed by atoms with Gasteiger partial charge < -0.3 is 15.3 Å². The second-order valence-corrected chi connectivity index (χ2v) is 6.30. The van der Waals surface area contributed by atoms with E-state index in [0.29, 0.717) is 12.5 Å². The Bertz CT molecular complexity index is 464. The van der Waals surface area contributed by atoms with E-state index >= 15 is 0 Å². The highest BCUT2D eigenvalue weighted by molar-refractivity contribution is 5.45. The number of anilines is 2. The Hall–Kier alpha value is -1.40. The summed E-state index contributed by atoms with van der Waals surface area (Å²) in [7, 11) is 0. The Morgan fingerprint density at radius 3 is 2.48 bits per heavy atom. The van der Waals surface area contributed by atoms with E-state index < -0.39 is 5.60 Å². The average Bonchev–Trinajstić information content (AvgIpc) is 2.37. The molecule has 118 valence electrons. The zero-order chi connectivity index (χ0) is 15.5. The number of β-amino-alcohol motifs (C(OH)–C–C–N with tert-alkyl or cyclic N) is 1. The van der Waals surface area contributed by atoms with E-state index in [2.05, 4.69) is 25.1 Å². The number of aromatic nitrogens is 2. The van der Waals surface area contributed by atoms with Crippen molar-refractivity contribution in [3.05, 3.63) is 11.8 Å². The molecule has 1 aliphatic rings. The molecule has 1 fully saturated rings. The Labute approximate surface area is 127 Å². The number of aliphatic hydroxyl groups is 1. The van der Waals surface area contributed by atoms with Crippen LogP contribution in [0.25, 0.3) is 0 Å². The molecular formula is C15H27N5O. The maximum absolute atomic E-state index is 9.90. The summed E-state index contributed by atoms with van der Waals surface area (Å²) in [6.45, 7) is 13.0. The van der Waals surface area contributed by atoms with Gasteiger partial charge in [-0.1, -0.05) is 0 Å². The van der Waals surface area contributed by atoms with Gasteiger partial charge in [0.05, 0.1) is 5.60 Å². The van der Waals surface area contributed by atoms with Crippen molar-refractivity contribution < 1.29 is 5.11 Å². The van der Waals surface area contributed by atoms with Gasteiger partial charge in [-0.2, -0.15) is 4.98 Å². The Morgan fingerprint density at radius 1 is 1.24 bits per heavy atom. The van der Waals surface area contributed by atoms with Crippen LogP contribution in [0.1, 0.15) is 26.5 Å². The smallest absolute Gasteiger partial charge is 0.224 e. The highest BCUT2D eigenvalue weighted by Crippen LogP contribution is 2.17. The normalized spacial score (nSPS) is 17.1. The molecule has 0 atom stereocenters. The third kappa shape index (κ3) is 4.82. The lowest BCUT2D eigenvalue weighted by Crippen LogP contribution is -2.50. The maximum Gasteiger partial charge on any atom is 0.224 e. The summed E-state index contributed by atoms with van der Waals surface area (Å²) >= 11 is 0. The molecule has 6 nitrogen and oxygen atoms in total. The number of nitrogens with zero attached hydrogens (tertiary/aromatic N) is 4. The topological polar surface area (TPSA) is 64.5 Å². The van der Waals surface area contributed by atoms with E-state index in [1.807, 2.05) is 33.8 Å². The summed E-state index contributed by atoms with van der Waals surface area (Å²) in [6, 6.07) is 2.03. The summed E-state index contributed by atoms with van der Waals surface area (Å²) in [5.41, 5.74) is 0.348. The number of nitrogens with one attached hydrogen (secondary N) is 1. The van der Waals surface area contributed by atoms with E-state index in [-0.39, 0.29) is 0 Å². The summed E-state index contributed by atoms with van der Waals surface area (Å²) in [5, 5.41) is 13.1. The molecule has 2 N–H and O–H groups in total. The largest absolute Gasteiger partial charge is 0.389 e. The molecule has 2 rings (SSSR count). The predicted octanol–water partition coefficient (Wildman–Crippen LogP) is 1.11. The van der Waals surface area contributed by atoms with Gasteiger partial charge in [-0.05, 0) is 27.7 Å². The number of hydrogen-bond donors (Lipinski definition) is 2. The zero-order valence-electron chi connectivity index (χ0n) is 13.6. The minimum Gasteiger partial charge on any atom is -0.389 e. The lowest BCUT2D eigenvalue weighted by Gasteiger charge is -2.37. The highest BCUT2D eigenvalue weighted by Gasteiger charge is 2.23. The second-order valence-electron chi connectivity index (χ2n) is 6.30. The third-order valence-corrected chi connectivity index (χ3v) is 3.48. The van der Waals surface area contributed by atoms with Gasteiger partial charge in [-0.15, -0.1) is 0 Å². The summed E-state index contributed by atoms with van der Waals surface area (Å²) in [4.78, 5) is 13.6. The predicted molar refractivity (Wildman–Crippen MR) is 85.9 cm³/mol. The molecule has 0 radical (unpaired) electrons. The van der Waals surface area contributed by atoms with Crippen LogP contribution in [-0.4, -0.2) is 64.8 Å². The van der Waals surface area contributed by atoms with Gasteiger partial charge in [0.25, 0.3) is 0 Å². The van der Waals surface area contributed by atoms with Crippen LogP contribution in [0.2, 0.25) is 0 Å². The van der Waals surface area contributed by atoms with E-state index in [4.69, 9.17) is 0 Å². The number of hydrogen-bond acceptors (Lipinski definition) is 6. The first kappa shape index (κ1) is 16.0. The van der Waals surface area contributed by atoms with Crippen LogP contribution in [0.15, 0.2) is 6.07 Å². The number of aryl methyl sites for hydroxylation is 1. The van der Waals surface area contributed by atoms with Crippen molar-refractivity contribution in [3.63, 3.8) is 0 Å². The first-order chi connectivity index (χ1) is 9.87. The Kier molecular flexibility index (Phi) is 5.00. The average molecular weight is 293 g/mol. The van der Waals surface area contributed by atoms with Gasteiger partial charge in [0, 0.05) is 51.0 Å². The standard InChI is InChI=1S/C15H27N5O/c1-5-16-14-17-12(2)10-13(18-14)20-8-6-19(7-9-20)11-15(3,4)21/h10,21H,5-9,11H2,1-4H3,(H,16,17,18). The summed E-state index contributed by atoms with van der Waals surface area (Å²) in [6.07, 6.45) is 0. The lowest BCUT2D eigenvalue weighted by molar-refractivity contribution is 0.0344. The molecular weight excluding hydrogens is 266 g/mol. The molecule has 1 aromatic rings. The quantitative estimate of drug-likeness (QED) is 0.848. The fraction of sp³-hybridized carbons (Fsp3) is 0.733. The van der Waals surface area contributed by atoms with Crippen LogP contribution in [0.5, 0.6) is 0 Å². The summed E-state index contributed by atoms with van der Waals surface area (Å²) in [5.74, 6) is 1.69. The van der Waals surface area contributed by atoms with Crippen LogP contribution in [0.4, 0.5) is 11.8 Å². The molecule has 1 aromatic heterocycles. The van der Waals surface area contributed by atoms with Crippen molar-refractivity contribution in [1.82, 2.24) is 14.9 Å². The van der Waals surface area contributed by atoms with Gasteiger partial charge in [-0.3, -0.25) is 4.90 Å². The monoisotopic (exact) mass is 293 g/mol. The Morgan fingerprint density at radius 2 is 1.90 bits per heavy atom. The van der Waals surface area contributed by atoms with E-state index in [9.17, 15) is 5.11 Å². The maximum atomic E-state index is 9.90. The van der Waals surface area contributed by atoms with Gasteiger partial charge in [-0.25, -0.2) is 4.98 Å². The van der Waals surface area contributed by atoms with Crippen LogP contribution in [-0.2, 0) is 0 Å². The van der Waals surface area contributed by atoms with Crippen LogP contribution in [0.3, 0.4) is 0 Å². The van der Waals surface area contributed by atoms with Gasteiger partial charge in [0.15, 0.2) is 0 Å². The molecule has 0 spiro atoms. The molecule has 2 heterocycles. The zero-order valence-corrected chi connectivity index (χ0v) is 13.6. The van der Waals surface area contributed by atoms with Gasteiger partial charge in [0.1, 0.15) is 5.82 Å². The molecule has 1 saturated heterocycles. The van der Waals surface area contributed by atoms with Crippen LogP contribution < -0.4 is 10.2 Å². The SMILES string of the molecule is CCNc1nc(C)cc(N2CCN(CC(C)(C)O)CC2)n1. The van der Waals surface area contributed by atoms with Crippen LogP contribution in [0, 0.1) is 6.92 Å². The van der Waals surface area contributed by atoms with Crippen molar-refractivity contribution in [2.24, 2.45) is 0 Å². The van der Waals surface area contributed by atoms with Crippen molar-refractivity contribution in [3.8, 4) is 0 Å². The highest BCUT2D eigenvalue weighted by atomic mass is 16.3. The molecule has 0 bridgehead atoms. The lowest BCUT2D eigenvalue weighted by atomic mass is 10.1. The third-order valence-electron chi connectivity index (χ3n) is 3.48. The fourth-order valence-electron chi connectivity index (χ4n) is 2.63. The van der Waals surface area contributed by atoms with Gasteiger partial charge in [0.2, 0.25) is 5.95 Å². The number of piperazine rings is 1. The molecule has 0 unspecified atom stereocenters. The van der Waals surface area contributed by atoms with Crippen molar-refractivity contribution >= 4 is 11.8 Å². The molecule has 0 aliphatic carbocycles. The van der Waals surface area contributed by atoms with Crippen molar-refractivity contribution in [1.29, 1.82) is 0 Å². The first-order valence-corrected chi connectivity index (χ1v) is 7.66. The molecule has 6 heteroatoms. The minimum atomic E-state index is -0.633. The number of rotatable bonds is 5. The molecule has 21 heavy (non-hydrogen) atoms. The van der Waals surface area contributed by atoms with E-state index in [1.165, 1.54) is 0 Å². The minimum absolute atomic E-state index is 0.633. The van der Waals surface area contributed by atoms with Crippen LogP contribution >= 0.6 is 0 Å². The second kappa shape index (κ2) is 6.58. The molecule has 0 aromatic carbocycles. The molecule has 0 amide bonds. The molecule has 0 saturated carbocycles. The first-order valence-electron chi connectivity index (χ1n) is 7.66.